The largest absolute Gasteiger partial charge is 0.322 e. The van der Waals surface area contributed by atoms with Gasteiger partial charge in [-0.1, -0.05) is 48.7 Å². The van der Waals surface area contributed by atoms with E-state index in [0.717, 1.165) is 82.1 Å². The summed E-state index contributed by atoms with van der Waals surface area (Å²) in [5.41, 5.74) is 3.49. The Balaban J connectivity index is 1.07. The zero-order chi connectivity index (χ0) is 28.1. The number of amides is 3. The van der Waals surface area contributed by atoms with Gasteiger partial charge in [-0.05, 0) is 99.5 Å². The van der Waals surface area contributed by atoms with Gasteiger partial charge in [0.05, 0.1) is 11.5 Å². The molecule has 3 amide bonds. The van der Waals surface area contributed by atoms with Gasteiger partial charge in [-0.15, -0.1) is 0 Å². The quantitative estimate of drug-likeness (QED) is 0.338. The number of piperidine rings is 1. The Morgan fingerprint density at radius 2 is 1.85 bits per heavy atom. The maximum absolute atomic E-state index is 13.1. The number of aryl methyl sites for hydroxylation is 1. The SMILES string of the molecule is N#C[C@]1(c2cccc(Cl)c2)CCCN(CCCCCCc2cccc3c2CN(C2CCC(=O)NC2=O)C3=O)CC1. The van der Waals surface area contributed by atoms with Gasteiger partial charge in [0.15, 0.2) is 0 Å². The molecule has 1 unspecified atom stereocenters. The van der Waals surface area contributed by atoms with Gasteiger partial charge >= 0.3 is 0 Å². The second-order valence-corrected chi connectivity index (χ2v) is 11.8. The highest BCUT2D eigenvalue weighted by atomic mass is 35.5. The minimum Gasteiger partial charge on any atom is -0.322 e. The van der Waals surface area contributed by atoms with Gasteiger partial charge in [0.2, 0.25) is 11.8 Å². The number of fused-ring (bicyclic) bond motifs is 1. The number of rotatable bonds is 9. The molecular weight excluding hydrogens is 524 g/mol. The van der Waals surface area contributed by atoms with E-state index in [9.17, 15) is 19.6 Å². The Hall–Kier alpha value is -3.21. The van der Waals surface area contributed by atoms with Crippen LogP contribution in [-0.4, -0.2) is 53.2 Å². The monoisotopic (exact) mass is 560 g/mol. The zero-order valence-corrected chi connectivity index (χ0v) is 23.7. The fraction of sp³-hybridized carbons (Fsp3) is 0.500. The van der Waals surface area contributed by atoms with Crippen molar-refractivity contribution in [2.45, 2.75) is 82.2 Å². The molecule has 2 aromatic carbocycles. The number of nitrogens with one attached hydrogen (secondary N) is 1. The molecule has 0 spiro atoms. The van der Waals surface area contributed by atoms with Crippen LogP contribution in [0.3, 0.4) is 0 Å². The molecule has 40 heavy (non-hydrogen) atoms. The Morgan fingerprint density at radius 1 is 1.02 bits per heavy atom. The highest BCUT2D eigenvalue weighted by Crippen LogP contribution is 2.36. The lowest BCUT2D eigenvalue weighted by atomic mass is 9.76. The average Bonchev–Trinajstić information content (AvgIpc) is 3.14. The molecule has 1 N–H and O–H groups in total. The lowest BCUT2D eigenvalue weighted by molar-refractivity contribution is -0.136. The Labute approximate surface area is 241 Å². The topological polar surface area (TPSA) is 93.5 Å². The van der Waals surface area contributed by atoms with Crippen LogP contribution in [0.1, 0.15) is 84.8 Å². The fourth-order valence-corrected chi connectivity index (χ4v) is 6.74. The van der Waals surface area contributed by atoms with Crippen molar-refractivity contribution in [3.63, 3.8) is 0 Å². The first kappa shape index (κ1) is 28.3. The van der Waals surface area contributed by atoms with Gasteiger partial charge in [0, 0.05) is 23.6 Å². The zero-order valence-electron chi connectivity index (χ0n) is 23.0. The van der Waals surface area contributed by atoms with Gasteiger partial charge in [-0.25, -0.2) is 0 Å². The highest BCUT2D eigenvalue weighted by molar-refractivity contribution is 6.30. The molecule has 2 atom stereocenters. The van der Waals surface area contributed by atoms with Crippen LogP contribution in [0.4, 0.5) is 0 Å². The normalized spacial score (nSPS) is 23.4. The number of hydrogen-bond acceptors (Lipinski definition) is 5. The van der Waals surface area contributed by atoms with Crippen LogP contribution >= 0.6 is 11.6 Å². The van der Waals surface area contributed by atoms with E-state index in [1.165, 1.54) is 5.56 Å². The summed E-state index contributed by atoms with van der Waals surface area (Å²) in [6.45, 7) is 3.43. The summed E-state index contributed by atoms with van der Waals surface area (Å²) in [6.07, 6.45) is 8.71. The minimum atomic E-state index is -0.576. The Bertz CT molecular complexity index is 1320. The van der Waals surface area contributed by atoms with Crippen molar-refractivity contribution in [1.29, 1.82) is 5.26 Å². The molecule has 2 aromatic rings. The van der Waals surface area contributed by atoms with Gasteiger partial charge in [0.25, 0.3) is 5.91 Å². The second kappa shape index (κ2) is 12.5. The van der Waals surface area contributed by atoms with Crippen molar-refractivity contribution in [3.8, 4) is 6.07 Å². The van der Waals surface area contributed by atoms with E-state index in [1.807, 2.05) is 36.4 Å². The van der Waals surface area contributed by atoms with Gasteiger partial charge in [-0.3, -0.25) is 19.7 Å². The van der Waals surface area contributed by atoms with Crippen LogP contribution in [0.2, 0.25) is 5.02 Å². The van der Waals surface area contributed by atoms with Crippen LogP contribution in [0.25, 0.3) is 0 Å². The van der Waals surface area contributed by atoms with E-state index in [4.69, 9.17) is 11.6 Å². The van der Waals surface area contributed by atoms with Crippen molar-refractivity contribution >= 4 is 29.3 Å². The third-order valence-corrected chi connectivity index (χ3v) is 9.11. The molecule has 0 aliphatic carbocycles. The molecule has 2 saturated heterocycles. The molecule has 2 fully saturated rings. The summed E-state index contributed by atoms with van der Waals surface area (Å²) in [5.74, 6) is -0.750. The van der Waals surface area contributed by atoms with E-state index < -0.39 is 11.5 Å². The molecular formula is C32H37ClN4O3. The minimum absolute atomic E-state index is 0.112. The molecule has 7 nitrogen and oxygen atoms in total. The third-order valence-electron chi connectivity index (χ3n) is 8.87. The molecule has 5 rings (SSSR count). The number of hydrogen-bond donors (Lipinski definition) is 1. The summed E-state index contributed by atoms with van der Waals surface area (Å²) < 4.78 is 0. The van der Waals surface area contributed by atoms with E-state index in [1.54, 1.807) is 4.90 Å². The summed E-state index contributed by atoms with van der Waals surface area (Å²) >= 11 is 6.22. The predicted octanol–water partition coefficient (Wildman–Crippen LogP) is 5.15. The van der Waals surface area contributed by atoms with Gasteiger partial charge in [0.1, 0.15) is 6.04 Å². The molecule has 8 heteroatoms. The summed E-state index contributed by atoms with van der Waals surface area (Å²) in [7, 11) is 0. The van der Waals surface area contributed by atoms with Crippen molar-refractivity contribution < 1.29 is 14.4 Å². The molecule has 3 aliphatic rings. The van der Waals surface area contributed by atoms with Crippen LogP contribution < -0.4 is 5.32 Å². The number of nitrogens with zero attached hydrogens (tertiary/aromatic N) is 3. The van der Waals surface area contributed by atoms with Crippen molar-refractivity contribution in [3.05, 3.63) is 69.7 Å². The van der Waals surface area contributed by atoms with Crippen LogP contribution in [-0.2, 0) is 28.0 Å². The maximum Gasteiger partial charge on any atom is 0.255 e. The Kier molecular flexibility index (Phi) is 8.87. The molecule has 0 aromatic heterocycles. The lowest BCUT2D eigenvalue weighted by Gasteiger charge is -2.29. The second-order valence-electron chi connectivity index (χ2n) is 11.4. The number of unbranched alkanes of at least 4 members (excludes halogenated alkanes) is 3. The van der Waals surface area contributed by atoms with Crippen molar-refractivity contribution in [2.75, 3.05) is 19.6 Å². The van der Waals surface area contributed by atoms with Crippen molar-refractivity contribution in [1.82, 2.24) is 15.1 Å². The number of imide groups is 1. The number of likely N-dealkylation sites (tertiary alicyclic amines) is 1. The number of nitriles is 1. The van der Waals surface area contributed by atoms with E-state index in [2.05, 4.69) is 22.4 Å². The van der Waals surface area contributed by atoms with Crippen molar-refractivity contribution in [2.24, 2.45) is 0 Å². The van der Waals surface area contributed by atoms with E-state index in [-0.39, 0.29) is 24.1 Å². The standard InChI is InChI=1S/C32H37ClN4O3/c33-25-11-6-10-24(20-25)32(22-34)15-7-18-36(19-16-32)17-4-2-1-3-8-23-9-5-12-26-27(23)21-37(31(26)40)28-13-14-29(38)35-30(28)39/h5-6,9-12,20,28H,1-4,7-8,13-19,21H2,(H,35,38,39)/t28?,32-/m0/s1. The first-order valence-electron chi connectivity index (χ1n) is 14.6. The first-order valence-corrected chi connectivity index (χ1v) is 14.9. The predicted molar refractivity (Wildman–Crippen MR) is 154 cm³/mol. The highest BCUT2D eigenvalue weighted by Gasteiger charge is 2.39. The lowest BCUT2D eigenvalue weighted by Crippen LogP contribution is -2.52. The third kappa shape index (κ3) is 6.09. The molecule has 3 aliphatic heterocycles. The number of carbonyl (C=O) groups is 3. The molecule has 0 bridgehead atoms. The van der Waals surface area contributed by atoms with E-state index >= 15 is 0 Å². The Morgan fingerprint density at radius 3 is 2.65 bits per heavy atom. The molecule has 210 valence electrons. The smallest absolute Gasteiger partial charge is 0.255 e. The summed E-state index contributed by atoms with van der Waals surface area (Å²) in [4.78, 5) is 41.1. The number of carbonyl (C=O) groups excluding carboxylic acids is 3. The number of benzene rings is 2. The summed E-state index contributed by atoms with van der Waals surface area (Å²) in [5, 5.41) is 13.1. The fourth-order valence-electron chi connectivity index (χ4n) is 6.55. The average molecular weight is 561 g/mol. The van der Waals surface area contributed by atoms with Crippen LogP contribution in [0.15, 0.2) is 42.5 Å². The molecule has 0 saturated carbocycles. The summed E-state index contributed by atoms with van der Waals surface area (Å²) in [6, 6.07) is 15.7. The van der Waals surface area contributed by atoms with Crippen LogP contribution in [0.5, 0.6) is 0 Å². The van der Waals surface area contributed by atoms with E-state index in [0.29, 0.717) is 23.6 Å². The number of halogens is 1. The molecule has 0 radical (unpaired) electrons. The molecule has 3 heterocycles. The van der Waals surface area contributed by atoms with Crippen LogP contribution in [0, 0.1) is 11.3 Å². The maximum atomic E-state index is 13.1. The van der Waals surface area contributed by atoms with Gasteiger partial charge in [-0.2, -0.15) is 5.26 Å². The van der Waals surface area contributed by atoms with Gasteiger partial charge < -0.3 is 9.80 Å². The first-order chi connectivity index (χ1) is 19.4.